The molecule has 0 bridgehead atoms. The van der Waals surface area contributed by atoms with Crippen molar-refractivity contribution in [2.75, 3.05) is 33.7 Å². The molecule has 30 heavy (non-hydrogen) atoms. The van der Waals surface area contributed by atoms with E-state index in [0.29, 0.717) is 25.3 Å². The Bertz CT molecular complexity index is 896. The number of piperidine rings is 1. The van der Waals surface area contributed by atoms with Crippen LogP contribution in [0.15, 0.2) is 22.7 Å². The number of likely N-dealkylation sites (tertiary alicyclic amines) is 1. The highest BCUT2D eigenvalue weighted by Gasteiger charge is 2.34. The van der Waals surface area contributed by atoms with Crippen molar-refractivity contribution < 1.29 is 14.1 Å². The van der Waals surface area contributed by atoms with Crippen LogP contribution >= 0.6 is 0 Å². The molecule has 1 N–H and O–H groups in total. The van der Waals surface area contributed by atoms with E-state index in [9.17, 15) is 9.59 Å². The first kappa shape index (κ1) is 22.0. The van der Waals surface area contributed by atoms with Gasteiger partial charge in [-0.2, -0.15) is 0 Å². The normalized spacial score (nSPS) is 16.7. The number of rotatable bonds is 6. The molecular formula is C23H32N4O3. The minimum atomic E-state index is -0.462. The number of carbonyl (C=O) groups excluding carboxylic acids is 2. The highest BCUT2D eigenvalue weighted by atomic mass is 16.5. The molecule has 0 spiro atoms. The lowest BCUT2D eigenvalue weighted by atomic mass is 9.97. The summed E-state index contributed by atoms with van der Waals surface area (Å²) >= 11 is 0. The number of hydrogen-bond acceptors (Lipinski definition) is 5. The molecule has 0 saturated carbocycles. The molecule has 1 aromatic heterocycles. The summed E-state index contributed by atoms with van der Waals surface area (Å²) in [6.07, 6.45) is 2.48. The monoisotopic (exact) mass is 412 g/mol. The third kappa shape index (κ3) is 4.90. The van der Waals surface area contributed by atoms with Crippen molar-refractivity contribution in [3.8, 4) is 11.3 Å². The number of likely N-dealkylation sites (N-methyl/N-ethyl adjacent to an activating group) is 1. The van der Waals surface area contributed by atoms with Gasteiger partial charge in [0.1, 0.15) is 6.04 Å². The van der Waals surface area contributed by atoms with Gasteiger partial charge in [-0.3, -0.25) is 9.59 Å². The average Bonchev–Trinajstić information content (AvgIpc) is 3.16. The molecule has 1 aliphatic rings. The van der Waals surface area contributed by atoms with Crippen molar-refractivity contribution in [2.24, 2.45) is 0 Å². The van der Waals surface area contributed by atoms with Crippen LogP contribution in [0.25, 0.3) is 11.3 Å². The van der Waals surface area contributed by atoms with Gasteiger partial charge in [-0.15, -0.1) is 0 Å². The highest BCUT2D eigenvalue weighted by molar-refractivity contribution is 5.97. The van der Waals surface area contributed by atoms with E-state index in [1.165, 1.54) is 5.56 Å². The van der Waals surface area contributed by atoms with Gasteiger partial charge in [-0.25, -0.2) is 0 Å². The van der Waals surface area contributed by atoms with Crippen LogP contribution in [-0.4, -0.2) is 66.5 Å². The summed E-state index contributed by atoms with van der Waals surface area (Å²) in [7, 11) is 3.92. The summed E-state index contributed by atoms with van der Waals surface area (Å²) in [5, 5.41) is 7.00. The zero-order valence-corrected chi connectivity index (χ0v) is 18.6. The fourth-order valence-electron chi connectivity index (χ4n) is 4.18. The molecule has 2 aromatic rings. The zero-order valence-electron chi connectivity index (χ0n) is 18.6. The number of benzene rings is 1. The molecule has 0 unspecified atom stereocenters. The summed E-state index contributed by atoms with van der Waals surface area (Å²) in [6, 6.07) is 5.41. The largest absolute Gasteiger partial charge is 0.355 e. The summed E-state index contributed by atoms with van der Waals surface area (Å²) < 4.78 is 5.55. The lowest BCUT2D eigenvalue weighted by molar-refractivity contribution is -0.126. The van der Waals surface area contributed by atoms with Crippen LogP contribution in [0.2, 0.25) is 0 Å². The lowest BCUT2D eigenvalue weighted by Crippen LogP contribution is -2.52. The van der Waals surface area contributed by atoms with Crippen molar-refractivity contribution in [1.29, 1.82) is 0 Å². The van der Waals surface area contributed by atoms with Crippen molar-refractivity contribution in [1.82, 2.24) is 20.3 Å². The number of nitrogens with one attached hydrogen (secondary N) is 1. The van der Waals surface area contributed by atoms with Gasteiger partial charge in [0.2, 0.25) is 5.91 Å². The van der Waals surface area contributed by atoms with E-state index in [4.69, 9.17) is 4.52 Å². The molecule has 0 aliphatic carbocycles. The molecule has 162 valence electrons. The zero-order chi connectivity index (χ0) is 21.8. The summed E-state index contributed by atoms with van der Waals surface area (Å²) in [5.74, 6) is 0.232. The molecule has 0 radical (unpaired) electrons. The molecular weight excluding hydrogens is 380 g/mol. The number of nitrogens with zero attached hydrogens (tertiary/aromatic N) is 3. The molecule has 1 atom stereocenters. The van der Waals surface area contributed by atoms with Crippen LogP contribution in [0.5, 0.6) is 0 Å². The van der Waals surface area contributed by atoms with E-state index in [0.717, 1.165) is 36.1 Å². The SMILES string of the molecule is Cc1cc(C)c(-c2cc(C(=O)N3CCCC[C@@H]3C(=O)NCCN(C)C)no2)c(C)c1. The van der Waals surface area contributed by atoms with Crippen LogP contribution in [0.3, 0.4) is 0 Å². The van der Waals surface area contributed by atoms with E-state index in [1.54, 1.807) is 11.0 Å². The fourth-order valence-corrected chi connectivity index (χ4v) is 4.18. The minimum Gasteiger partial charge on any atom is -0.355 e. The Morgan fingerprint density at radius 1 is 1.17 bits per heavy atom. The lowest BCUT2D eigenvalue weighted by Gasteiger charge is -2.34. The van der Waals surface area contributed by atoms with Crippen LogP contribution in [0, 0.1) is 20.8 Å². The smallest absolute Gasteiger partial charge is 0.276 e. The van der Waals surface area contributed by atoms with Crippen molar-refractivity contribution >= 4 is 11.8 Å². The van der Waals surface area contributed by atoms with Crippen molar-refractivity contribution in [3.63, 3.8) is 0 Å². The summed E-state index contributed by atoms with van der Waals surface area (Å²) in [6.45, 7) is 7.98. The van der Waals surface area contributed by atoms with Crippen LogP contribution in [-0.2, 0) is 4.79 Å². The van der Waals surface area contributed by atoms with Gasteiger partial charge in [-0.05, 0) is 65.3 Å². The molecule has 1 fully saturated rings. The number of carbonyl (C=O) groups is 2. The molecule has 7 nitrogen and oxygen atoms in total. The molecule has 1 aromatic carbocycles. The Morgan fingerprint density at radius 3 is 2.53 bits per heavy atom. The van der Waals surface area contributed by atoms with Gasteiger partial charge < -0.3 is 19.6 Å². The quantitative estimate of drug-likeness (QED) is 0.789. The Hall–Kier alpha value is -2.67. The molecule has 2 heterocycles. The van der Waals surface area contributed by atoms with Gasteiger partial charge in [0.15, 0.2) is 11.5 Å². The first-order chi connectivity index (χ1) is 14.3. The van der Waals surface area contributed by atoms with E-state index in [2.05, 4.69) is 29.5 Å². The first-order valence-electron chi connectivity index (χ1n) is 10.6. The Morgan fingerprint density at radius 2 is 1.87 bits per heavy atom. The second-order valence-corrected chi connectivity index (χ2v) is 8.45. The Kier molecular flexibility index (Phi) is 6.92. The average molecular weight is 413 g/mol. The van der Waals surface area contributed by atoms with Crippen molar-refractivity contribution in [2.45, 2.75) is 46.1 Å². The standard InChI is InChI=1S/C23H32N4O3/c1-15-12-16(2)21(17(3)13-15)20-14-18(25-30-20)23(29)27-10-7-6-8-19(27)22(28)24-9-11-26(4)5/h12-14,19H,6-11H2,1-5H3,(H,24,28)/t19-/m1/s1. The van der Waals surface area contributed by atoms with Gasteiger partial charge in [0, 0.05) is 31.3 Å². The maximum absolute atomic E-state index is 13.2. The predicted octanol–water partition coefficient (Wildman–Crippen LogP) is 2.94. The van der Waals surface area contributed by atoms with Crippen LogP contribution < -0.4 is 5.32 Å². The highest BCUT2D eigenvalue weighted by Crippen LogP contribution is 2.30. The topological polar surface area (TPSA) is 78.7 Å². The molecule has 7 heteroatoms. The predicted molar refractivity (Wildman–Crippen MR) is 116 cm³/mol. The molecule has 2 amide bonds. The molecule has 1 aliphatic heterocycles. The van der Waals surface area contributed by atoms with Gasteiger partial charge in [-0.1, -0.05) is 22.9 Å². The second kappa shape index (κ2) is 9.43. The van der Waals surface area contributed by atoms with Crippen LogP contribution in [0.1, 0.15) is 46.4 Å². The molecule has 3 rings (SSSR count). The summed E-state index contributed by atoms with van der Waals surface area (Å²) in [5.41, 5.74) is 4.56. The second-order valence-electron chi connectivity index (χ2n) is 8.45. The fraction of sp³-hybridized carbons (Fsp3) is 0.522. The molecule has 1 saturated heterocycles. The number of aryl methyl sites for hydroxylation is 3. The van der Waals surface area contributed by atoms with Crippen molar-refractivity contribution in [3.05, 3.63) is 40.6 Å². The number of hydrogen-bond donors (Lipinski definition) is 1. The van der Waals surface area contributed by atoms with Gasteiger partial charge >= 0.3 is 0 Å². The van der Waals surface area contributed by atoms with E-state index in [-0.39, 0.29) is 17.5 Å². The minimum absolute atomic E-state index is 0.0983. The first-order valence-corrected chi connectivity index (χ1v) is 10.6. The van der Waals surface area contributed by atoms with Gasteiger partial charge in [0.05, 0.1) is 0 Å². The van der Waals surface area contributed by atoms with E-state index < -0.39 is 6.04 Å². The third-order valence-electron chi connectivity index (χ3n) is 5.58. The Labute approximate surface area is 178 Å². The Balaban J connectivity index is 1.77. The van der Waals surface area contributed by atoms with Crippen LogP contribution in [0.4, 0.5) is 0 Å². The summed E-state index contributed by atoms with van der Waals surface area (Å²) in [4.78, 5) is 29.5. The van der Waals surface area contributed by atoms with E-state index in [1.807, 2.05) is 32.8 Å². The number of aromatic nitrogens is 1. The maximum Gasteiger partial charge on any atom is 0.276 e. The van der Waals surface area contributed by atoms with E-state index >= 15 is 0 Å². The maximum atomic E-state index is 13.2. The number of amides is 2. The third-order valence-corrected chi connectivity index (χ3v) is 5.58. The van der Waals surface area contributed by atoms with Gasteiger partial charge in [0.25, 0.3) is 5.91 Å².